The molecule has 0 spiro atoms. The van der Waals surface area contributed by atoms with Gasteiger partial charge in [-0.2, -0.15) is 13.2 Å². The van der Waals surface area contributed by atoms with Crippen molar-refractivity contribution in [3.05, 3.63) is 72.3 Å². The van der Waals surface area contributed by atoms with Gasteiger partial charge in [-0.15, -0.1) is 0 Å². The average Bonchev–Trinajstić information content (AvgIpc) is 2.53. The van der Waals surface area contributed by atoms with Crippen LogP contribution in [0.3, 0.4) is 0 Å². The van der Waals surface area contributed by atoms with Crippen LogP contribution in [0.5, 0.6) is 5.75 Å². The summed E-state index contributed by atoms with van der Waals surface area (Å²) in [5.41, 5.74) is -0.106. The van der Waals surface area contributed by atoms with E-state index >= 15 is 0 Å². The first-order valence-corrected chi connectivity index (χ1v) is 6.72. The monoisotopic (exact) mass is 321 g/mol. The summed E-state index contributed by atoms with van der Waals surface area (Å²) in [6.45, 7) is 3.89. The van der Waals surface area contributed by atoms with Gasteiger partial charge in [0.1, 0.15) is 12.4 Å². The number of amides is 1. The molecule has 0 aliphatic heterocycles. The van der Waals surface area contributed by atoms with Crippen LogP contribution in [0.2, 0.25) is 0 Å². The molecule has 120 valence electrons. The highest BCUT2D eigenvalue weighted by atomic mass is 19.4. The molecule has 0 unspecified atom stereocenters. The molecule has 0 radical (unpaired) electrons. The maximum Gasteiger partial charge on any atom is 0.416 e. The van der Waals surface area contributed by atoms with Crippen LogP contribution >= 0.6 is 0 Å². The van der Waals surface area contributed by atoms with Crippen molar-refractivity contribution in [1.82, 2.24) is 0 Å². The lowest BCUT2D eigenvalue weighted by molar-refractivity contribution is -0.137. The summed E-state index contributed by atoms with van der Waals surface area (Å²) in [5, 5.41) is 2.54. The zero-order valence-corrected chi connectivity index (χ0v) is 12.1. The molecule has 0 aromatic heterocycles. The highest BCUT2D eigenvalue weighted by molar-refractivity contribution is 6.04. The van der Waals surface area contributed by atoms with E-state index in [1.165, 1.54) is 12.1 Å². The molecule has 2 aromatic carbocycles. The summed E-state index contributed by atoms with van der Waals surface area (Å²) in [4.78, 5) is 12.0. The van der Waals surface area contributed by atoms with Crippen LogP contribution in [0.1, 0.15) is 15.9 Å². The first-order valence-electron chi connectivity index (χ1n) is 6.72. The first-order chi connectivity index (χ1) is 10.9. The molecule has 0 fully saturated rings. The standard InChI is InChI=1S/C17H14F3NO2/c1-2-11-23-15-9-3-12(4-10-15)16(22)21-14-7-5-13(6-8-14)17(18,19)20/h2-10H,1,11H2,(H,21,22). The summed E-state index contributed by atoms with van der Waals surface area (Å²) in [6.07, 6.45) is -2.80. The summed E-state index contributed by atoms with van der Waals surface area (Å²) in [5.74, 6) is 0.177. The van der Waals surface area contributed by atoms with Gasteiger partial charge in [0.15, 0.2) is 0 Å². The number of alkyl halides is 3. The van der Waals surface area contributed by atoms with E-state index < -0.39 is 17.6 Å². The van der Waals surface area contributed by atoms with Gasteiger partial charge in [0.25, 0.3) is 5.91 Å². The Morgan fingerprint density at radius 2 is 1.70 bits per heavy atom. The van der Waals surface area contributed by atoms with Crippen molar-refractivity contribution in [3.8, 4) is 5.75 Å². The molecule has 0 bridgehead atoms. The third kappa shape index (κ3) is 4.60. The number of halogens is 3. The van der Waals surface area contributed by atoms with E-state index in [-0.39, 0.29) is 5.69 Å². The Labute approximate surface area is 131 Å². The van der Waals surface area contributed by atoms with Crippen LogP contribution in [-0.2, 0) is 6.18 Å². The zero-order valence-electron chi connectivity index (χ0n) is 12.1. The molecule has 23 heavy (non-hydrogen) atoms. The highest BCUT2D eigenvalue weighted by Gasteiger charge is 2.29. The molecule has 0 saturated heterocycles. The van der Waals surface area contributed by atoms with Crippen molar-refractivity contribution in [1.29, 1.82) is 0 Å². The first kappa shape index (κ1) is 16.6. The van der Waals surface area contributed by atoms with Gasteiger partial charge in [-0.05, 0) is 48.5 Å². The van der Waals surface area contributed by atoms with Crippen LogP contribution in [0.15, 0.2) is 61.2 Å². The van der Waals surface area contributed by atoms with Gasteiger partial charge in [-0.1, -0.05) is 12.7 Å². The van der Waals surface area contributed by atoms with Crippen molar-refractivity contribution < 1.29 is 22.7 Å². The van der Waals surface area contributed by atoms with Crippen LogP contribution in [0.25, 0.3) is 0 Å². The lowest BCUT2D eigenvalue weighted by Crippen LogP contribution is -2.12. The molecule has 0 heterocycles. The molecule has 0 atom stereocenters. The van der Waals surface area contributed by atoms with Gasteiger partial charge in [0.05, 0.1) is 5.56 Å². The number of rotatable bonds is 5. The van der Waals surface area contributed by atoms with E-state index in [2.05, 4.69) is 11.9 Å². The molecular weight excluding hydrogens is 307 g/mol. The highest BCUT2D eigenvalue weighted by Crippen LogP contribution is 2.29. The Balaban J connectivity index is 2.02. The minimum absolute atomic E-state index is 0.287. The fraction of sp³-hybridized carbons (Fsp3) is 0.118. The smallest absolute Gasteiger partial charge is 0.416 e. The number of anilines is 1. The second kappa shape index (κ2) is 7.00. The minimum Gasteiger partial charge on any atom is -0.490 e. The molecule has 0 saturated carbocycles. The Hall–Kier alpha value is -2.76. The van der Waals surface area contributed by atoms with Crippen molar-refractivity contribution in [2.75, 3.05) is 11.9 Å². The van der Waals surface area contributed by atoms with Crippen molar-refractivity contribution in [2.45, 2.75) is 6.18 Å². The topological polar surface area (TPSA) is 38.3 Å². The largest absolute Gasteiger partial charge is 0.490 e. The Kier molecular flexibility index (Phi) is 5.05. The van der Waals surface area contributed by atoms with Gasteiger partial charge in [-0.25, -0.2) is 0 Å². The van der Waals surface area contributed by atoms with E-state index in [1.54, 1.807) is 30.3 Å². The van der Waals surface area contributed by atoms with Crippen molar-refractivity contribution in [2.24, 2.45) is 0 Å². The van der Waals surface area contributed by atoms with Crippen LogP contribution < -0.4 is 10.1 Å². The van der Waals surface area contributed by atoms with Gasteiger partial charge in [0.2, 0.25) is 0 Å². The maximum atomic E-state index is 12.5. The van der Waals surface area contributed by atoms with Gasteiger partial charge in [0, 0.05) is 11.3 Å². The Morgan fingerprint density at radius 1 is 1.09 bits per heavy atom. The normalized spacial score (nSPS) is 10.9. The second-order valence-corrected chi connectivity index (χ2v) is 4.65. The Morgan fingerprint density at radius 3 is 2.22 bits per heavy atom. The predicted molar refractivity (Wildman–Crippen MR) is 81.5 cm³/mol. The fourth-order valence-electron chi connectivity index (χ4n) is 1.80. The third-order valence-electron chi connectivity index (χ3n) is 2.95. The lowest BCUT2D eigenvalue weighted by Gasteiger charge is -2.09. The number of carbonyl (C=O) groups excluding carboxylic acids is 1. The molecule has 6 heteroatoms. The van der Waals surface area contributed by atoms with E-state index in [0.717, 1.165) is 12.1 Å². The van der Waals surface area contributed by atoms with Crippen molar-refractivity contribution >= 4 is 11.6 Å². The summed E-state index contributed by atoms with van der Waals surface area (Å²) >= 11 is 0. The lowest BCUT2D eigenvalue weighted by atomic mass is 10.1. The number of hydrogen-bond acceptors (Lipinski definition) is 2. The third-order valence-corrected chi connectivity index (χ3v) is 2.95. The van der Waals surface area contributed by atoms with Gasteiger partial charge < -0.3 is 10.1 Å². The van der Waals surface area contributed by atoms with E-state index in [1.807, 2.05) is 0 Å². The van der Waals surface area contributed by atoms with E-state index in [9.17, 15) is 18.0 Å². The van der Waals surface area contributed by atoms with Crippen molar-refractivity contribution in [3.63, 3.8) is 0 Å². The van der Waals surface area contributed by atoms with Crippen LogP contribution in [0.4, 0.5) is 18.9 Å². The molecule has 1 amide bonds. The Bertz CT molecular complexity index is 676. The number of nitrogens with one attached hydrogen (secondary N) is 1. The zero-order chi connectivity index (χ0) is 16.9. The van der Waals surface area contributed by atoms with Gasteiger partial charge in [-0.3, -0.25) is 4.79 Å². The molecule has 0 aliphatic carbocycles. The predicted octanol–water partition coefficient (Wildman–Crippen LogP) is 4.52. The molecule has 0 aliphatic rings. The summed E-state index contributed by atoms with van der Waals surface area (Å²) in [6, 6.07) is 10.7. The van der Waals surface area contributed by atoms with Gasteiger partial charge >= 0.3 is 6.18 Å². The molecule has 3 nitrogen and oxygen atoms in total. The molecule has 2 rings (SSSR count). The summed E-state index contributed by atoms with van der Waals surface area (Å²) < 4.78 is 42.7. The molecule has 2 aromatic rings. The van der Waals surface area contributed by atoms with E-state index in [0.29, 0.717) is 17.9 Å². The quantitative estimate of drug-likeness (QED) is 0.822. The molecule has 1 N–H and O–H groups in total. The second-order valence-electron chi connectivity index (χ2n) is 4.65. The minimum atomic E-state index is -4.40. The average molecular weight is 321 g/mol. The number of carbonyl (C=O) groups is 1. The number of hydrogen-bond donors (Lipinski definition) is 1. The summed E-state index contributed by atoms with van der Waals surface area (Å²) in [7, 11) is 0. The number of ether oxygens (including phenoxy) is 1. The number of benzene rings is 2. The van der Waals surface area contributed by atoms with Crippen LogP contribution in [0, 0.1) is 0 Å². The fourth-order valence-corrected chi connectivity index (χ4v) is 1.80. The SMILES string of the molecule is C=CCOc1ccc(C(=O)Nc2ccc(C(F)(F)F)cc2)cc1. The van der Waals surface area contributed by atoms with E-state index in [4.69, 9.17) is 4.74 Å². The molecular formula is C17H14F3NO2. The maximum absolute atomic E-state index is 12.5. The van der Waals surface area contributed by atoms with Crippen LogP contribution in [-0.4, -0.2) is 12.5 Å².